The average molecular weight is 253 g/mol. The Labute approximate surface area is 106 Å². The highest BCUT2D eigenvalue weighted by atomic mass is 32.1. The van der Waals surface area contributed by atoms with Crippen molar-refractivity contribution < 1.29 is 4.79 Å². The van der Waals surface area contributed by atoms with E-state index in [1.165, 1.54) is 37.0 Å². The molecule has 0 spiro atoms. The Balaban J connectivity index is 1.78. The largest absolute Gasteiger partial charge is 0.375 e. The average Bonchev–Trinajstić information content (AvgIpc) is 2.88. The summed E-state index contributed by atoms with van der Waals surface area (Å²) in [7, 11) is 0. The number of hydrogen-bond acceptors (Lipinski definition) is 4. The number of aromatic nitrogens is 1. The van der Waals surface area contributed by atoms with Crippen LogP contribution in [0.2, 0.25) is 0 Å². The molecular formula is C12H19N3OS. The van der Waals surface area contributed by atoms with Crippen LogP contribution in [-0.4, -0.2) is 17.4 Å². The lowest BCUT2D eigenvalue weighted by atomic mass is 10.0. The summed E-state index contributed by atoms with van der Waals surface area (Å²) in [6, 6.07) is 0. The molecule has 1 aliphatic rings. The summed E-state index contributed by atoms with van der Waals surface area (Å²) in [5.74, 6) is 0.776. The van der Waals surface area contributed by atoms with Crippen LogP contribution in [0.3, 0.4) is 0 Å². The standard InChI is InChI=1S/C12H19N3OS/c1-8-10(17-12(13)15-8)11(16)14-7-6-9-4-2-3-5-9/h9H,2-7H2,1H3,(H2,13,15)(H,14,16). The van der Waals surface area contributed by atoms with Crippen molar-refractivity contribution in [1.29, 1.82) is 0 Å². The molecule has 0 atom stereocenters. The van der Waals surface area contributed by atoms with Gasteiger partial charge in [-0.3, -0.25) is 4.79 Å². The zero-order valence-electron chi connectivity index (χ0n) is 10.2. The van der Waals surface area contributed by atoms with Crippen LogP contribution in [0, 0.1) is 12.8 Å². The van der Waals surface area contributed by atoms with E-state index in [-0.39, 0.29) is 5.91 Å². The van der Waals surface area contributed by atoms with E-state index < -0.39 is 0 Å². The molecule has 1 fully saturated rings. The third kappa shape index (κ3) is 3.19. The number of hydrogen-bond donors (Lipinski definition) is 2. The predicted octanol–water partition coefficient (Wildman–Crippen LogP) is 2.34. The summed E-state index contributed by atoms with van der Waals surface area (Å²) in [6.07, 6.45) is 6.44. The van der Waals surface area contributed by atoms with Crippen LogP contribution in [-0.2, 0) is 0 Å². The Morgan fingerprint density at radius 1 is 1.53 bits per heavy atom. The van der Waals surface area contributed by atoms with Crippen LogP contribution in [0.1, 0.15) is 47.5 Å². The van der Waals surface area contributed by atoms with Crippen LogP contribution in [0.4, 0.5) is 5.13 Å². The van der Waals surface area contributed by atoms with E-state index in [0.717, 1.165) is 24.6 Å². The van der Waals surface area contributed by atoms with Gasteiger partial charge in [0.15, 0.2) is 5.13 Å². The Bertz CT molecular complexity index is 396. The highest BCUT2D eigenvalue weighted by Crippen LogP contribution is 2.27. The first-order valence-electron chi connectivity index (χ1n) is 6.18. The van der Waals surface area contributed by atoms with Gasteiger partial charge in [-0.2, -0.15) is 0 Å². The molecule has 4 nitrogen and oxygen atoms in total. The van der Waals surface area contributed by atoms with E-state index in [2.05, 4.69) is 10.3 Å². The maximum Gasteiger partial charge on any atom is 0.263 e. The second-order valence-corrected chi connectivity index (χ2v) is 5.69. The lowest BCUT2D eigenvalue weighted by Gasteiger charge is -2.09. The van der Waals surface area contributed by atoms with Gasteiger partial charge in [0, 0.05) is 6.54 Å². The van der Waals surface area contributed by atoms with E-state index in [4.69, 9.17) is 5.73 Å². The lowest BCUT2D eigenvalue weighted by Crippen LogP contribution is -2.25. The smallest absolute Gasteiger partial charge is 0.263 e. The number of aryl methyl sites for hydroxylation is 1. The molecule has 3 N–H and O–H groups in total. The molecular weight excluding hydrogens is 234 g/mol. The molecule has 0 saturated heterocycles. The molecule has 5 heteroatoms. The number of nitrogens with two attached hydrogens (primary N) is 1. The van der Waals surface area contributed by atoms with Crippen molar-refractivity contribution in [2.45, 2.75) is 39.0 Å². The summed E-state index contributed by atoms with van der Waals surface area (Å²) in [4.78, 5) is 16.6. The molecule has 1 amide bonds. The number of carbonyl (C=O) groups excluding carboxylic acids is 1. The minimum absolute atomic E-state index is 0.0327. The Morgan fingerprint density at radius 2 is 2.24 bits per heavy atom. The first-order chi connectivity index (χ1) is 8.16. The highest BCUT2D eigenvalue weighted by Gasteiger charge is 2.16. The number of amides is 1. The van der Waals surface area contributed by atoms with Gasteiger partial charge in [-0.15, -0.1) is 0 Å². The second-order valence-electron chi connectivity index (χ2n) is 4.66. The Hall–Kier alpha value is -1.10. The lowest BCUT2D eigenvalue weighted by molar-refractivity contribution is 0.0954. The zero-order valence-corrected chi connectivity index (χ0v) is 11.0. The van der Waals surface area contributed by atoms with Gasteiger partial charge in [-0.1, -0.05) is 37.0 Å². The molecule has 0 aromatic carbocycles. The number of rotatable bonds is 4. The van der Waals surface area contributed by atoms with Crippen LogP contribution >= 0.6 is 11.3 Å². The van der Waals surface area contributed by atoms with Crippen LogP contribution in [0.15, 0.2) is 0 Å². The van der Waals surface area contributed by atoms with Gasteiger partial charge in [0.25, 0.3) is 5.91 Å². The van der Waals surface area contributed by atoms with E-state index in [0.29, 0.717) is 10.0 Å². The van der Waals surface area contributed by atoms with Gasteiger partial charge in [-0.25, -0.2) is 4.98 Å². The van der Waals surface area contributed by atoms with Crippen molar-refractivity contribution in [3.05, 3.63) is 10.6 Å². The summed E-state index contributed by atoms with van der Waals surface area (Å²) >= 11 is 1.26. The number of anilines is 1. The van der Waals surface area contributed by atoms with Gasteiger partial charge >= 0.3 is 0 Å². The third-order valence-corrected chi connectivity index (χ3v) is 4.32. The second kappa shape index (κ2) is 5.49. The fourth-order valence-corrected chi connectivity index (χ4v) is 3.15. The van der Waals surface area contributed by atoms with E-state index >= 15 is 0 Å². The number of nitrogens with one attached hydrogen (secondary N) is 1. The zero-order chi connectivity index (χ0) is 12.3. The van der Waals surface area contributed by atoms with E-state index in [1.54, 1.807) is 0 Å². The number of carbonyl (C=O) groups is 1. The molecule has 1 heterocycles. The molecule has 0 unspecified atom stereocenters. The SMILES string of the molecule is Cc1nc(N)sc1C(=O)NCCC1CCCC1. The maximum absolute atomic E-state index is 11.9. The maximum atomic E-state index is 11.9. The summed E-state index contributed by atoms with van der Waals surface area (Å²) < 4.78 is 0. The third-order valence-electron chi connectivity index (χ3n) is 3.33. The minimum Gasteiger partial charge on any atom is -0.375 e. The highest BCUT2D eigenvalue weighted by molar-refractivity contribution is 7.17. The molecule has 0 radical (unpaired) electrons. The summed E-state index contributed by atoms with van der Waals surface area (Å²) in [5.41, 5.74) is 6.30. The molecule has 2 rings (SSSR count). The van der Waals surface area contributed by atoms with Crippen LogP contribution in [0.5, 0.6) is 0 Å². The van der Waals surface area contributed by atoms with Crippen molar-refractivity contribution in [2.24, 2.45) is 5.92 Å². The van der Waals surface area contributed by atoms with E-state index in [9.17, 15) is 4.79 Å². The normalized spacial score (nSPS) is 16.3. The fourth-order valence-electron chi connectivity index (χ4n) is 2.40. The summed E-state index contributed by atoms with van der Waals surface area (Å²) in [5, 5.41) is 3.42. The predicted molar refractivity (Wildman–Crippen MR) is 70.2 cm³/mol. The van der Waals surface area contributed by atoms with Crippen molar-refractivity contribution in [3.8, 4) is 0 Å². The van der Waals surface area contributed by atoms with Gasteiger partial charge in [0.05, 0.1) is 5.69 Å². The monoisotopic (exact) mass is 253 g/mol. The van der Waals surface area contributed by atoms with Gasteiger partial charge in [0.1, 0.15) is 4.88 Å². The van der Waals surface area contributed by atoms with Gasteiger partial charge in [0.2, 0.25) is 0 Å². The molecule has 1 saturated carbocycles. The van der Waals surface area contributed by atoms with Crippen molar-refractivity contribution in [3.63, 3.8) is 0 Å². The first kappa shape index (κ1) is 12.4. The van der Waals surface area contributed by atoms with Crippen molar-refractivity contribution >= 4 is 22.4 Å². The Morgan fingerprint density at radius 3 is 2.82 bits per heavy atom. The van der Waals surface area contributed by atoms with Crippen molar-refractivity contribution in [1.82, 2.24) is 10.3 Å². The van der Waals surface area contributed by atoms with Gasteiger partial charge in [-0.05, 0) is 19.3 Å². The molecule has 94 valence electrons. The van der Waals surface area contributed by atoms with E-state index in [1.807, 2.05) is 6.92 Å². The molecule has 0 bridgehead atoms. The quantitative estimate of drug-likeness (QED) is 0.865. The molecule has 1 aliphatic carbocycles. The van der Waals surface area contributed by atoms with Crippen molar-refractivity contribution in [2.75, 3.05) is 12.3 Å². The molecule has 0 aliphatic heterocycles. The number of nitrogens with zero attached hydrogens (tertiary/aromatic N) is 1. The van der Waals surface area contributed by atoms with Crippen LogP contribution < -0.4 is 11.1 Å². The Kier molecular flexibility index (Phi) is 3.99. The topological polar surface area (TPSA) is 68.0 Å². The number of thiazole rings is 1. The summed E-state index contributed by atoms with van der Waals surface area (Å²) in [6.45, 7) is 2.58. The molecule has 17 heavy (non-hydrogen) atoms. The minimum atomic E-state index is -0.0327. The van der Waals surface area contributed by atoms with Crippen LogP contribution in [0.25, 0.3) is 0 Å². The fraction of sp³-hybridized carbons (Fsp3) is 0.667. The van der Waals surface area contributed by atoms with Gasteiger partial charge < -0.3 is 11.1 Å². The number of nitrogen functional groups attached to an aromatic ring is 1. The molecule has 1 aromatic heterocycles. The molecule has 1 aromatic rings. The first-order valence-corrected chi connectivity index (χ1v) is 6.99.